The van der Waals surface area contributed by atoms with Crippen LogP contribution in [0.25, 0.3) is 22.4 Å². The number of hydrogen-bond acceptors (Lipinski definition) is 0. The third kappa shape index (κ3) is 1.14. The fourth-order valence-electron chi connectivity index (χ4n) is 2.45. The lowest BCUT2D eigenvalue weighted by Crippen LogP contribution is -1.90. The second-order valence-corrected chi connectivity index (χ2v) is 4.51. The SMILES string of the molecule is CC(C)C1=Cc2cccc3cccc1c23. The van der Waals surface area contributed by atoms with Gasteiger partial charge in [0.25, 0.3) is 0 Å². The molecule has 15 heavy (non-hydrogen) atoms. The van der Waals surface area contributed by atoms with Crippen molar-refractivity contribution in [3.8, 4) is 0 Å². The van der Waals surface area contributed by atoms with Crippen LogP contribution < -0.4 is 0 Å². The zero-order valence-electron chi connectivity index (χ0n) is 9.12. The van der Waals surface area contributed by atoms with Crippen LogP contribution in [0.5, 0.6) is 0 Å². The quantitative estimate of drug-likeness (QED) is 0.633. The van der Waals surface area contributed by atoms with Crippen LogP contribution in [0.4, 0.5) is 0 Å². The van der Waals surface area contributed by atoms with Crippen molar-refractivity contribution in [2.75, 3.05) is 0 Å². The molecule has 0 heterocycles. The highest BCUT2D eigenvalue weighted by Gasteiger charge is 2.17. The normalized spacial score (nSPS) is 13.7. The summed E-state index contributed by atoms with van der Waals surface area (Å²) in [4.78, 5) is 0. The summed E-state index contributed by atoms with van der Waals surface area (Å²) in [7, 11) is 0. The van der Waals surface area contributed by atoms with Gasteiger partial charge in [-0.3, -0.25) is 0 Å². The highest BCUT2D eigenvalue weighted by molar-refractivity contribution is 6.09. The topological polar surface area (TPSA) is 0 Å². The van der Waals surface area contributed by atoms with Gasteiger partial charge < -0.3 is 0 Å². The maximum absolute atomic E-state index is 2.34. The number of hydrogen-bond donors (Lipinski definition) is 0. The zero-order valence-corrected chi connectivity index (χ0v) is 9.12. The number of benzene rings is 2. The Morgan fingerprint density at radius 1 is 0.933 bits per heavy atom. The van der Waals surface area contributed by atoms with Crippen LogP contribution in [0.3, 0.4) is 0 Å². The number of allylic oxidation sites excluding steroid dienone is 1. The Balaban J connectivity index is 2.40. The predicted octanol–water partition coefficient (Wildman–Crippen LogP) is 4.35. The van der Waals surface area contributed by atoms with Crippen LogP contribution >= 0.6 is 0 Å². The average Bonchev–Trinajstić information content (AvgIpc) is 2.61. The molecule has 2 aromatic rings. The van der Waals surface area contributed by atoms with Crippen molar-refractivity contribution in [1.29, 1.82) is 0 Å². The molecule has 0 radical (unpaired) electrons. The molecule has 0 nitrogen and oxygen atoms in total. The molecule has 0 heteroatoms. The van der Waals surface area contributed by atoms with Crippen LogP contribution in [0.15, 0.2) is 36.4 Å². The van der Waals surface area contributed by atoms with Gasteiger partial charge in [-0.1, -0.05) is 56.3 Å². The van der Waals surface area contributed by atoms with E-state index in [1.54, 1.807) is 0 Å². The van der Waals surface area contributed by atoms with E-state index in [0.717, 1.165) is 0 Å². The minimum Gasteiger partial charge on any atom is -0.0610 e. The van der Waals surface area contributed by atoms with Crippen molar-refractivity contribution >= 4 is 22.4 Å². The maximum atomic E-state index is 2.34. The first-order valence-electron chi connectivity index (χ1n) is 5.51. The summed E-state index contributed by atoms with van der Waals surface area (Å²) >= 11 is 0. The molecule has 0 spiro atoms. The molecule has 2 aromatic carbocycles. The van der Waals surface area contributed by atoms with Gasteiger partial charge >= 0.3 is 0 Å². The molecule has 3 rings (SSSR count). The lowest BCUT2D eigenvalue weighted by molar-refractivity contribution is 0.862. The first-order chi connectivity index (χ1) is 7.27. The minimum atomic E-state index is 0.600. The molecular weight excluding hydrogens is 180 g/mol. The molecule has 0 unspecified atom stereocenters. The van der Waals surface area contributed by atoms with Gasteiger partial charge in [-0.2, -0.15) is 0 Å². The van der Waals surface area contributed by atoms with Crippen molar-refractivity contribution in [1.82, 2.24) is 0 Å². The van der Waals surface area contributed by atoms with E-state index >= 15 is 0 Å². The lowest BCUT2D eigenvalue weighted by atomic mass is 9.96. The molecule has 0 fully saturated rings. The first kappa shape index (κ1) is 8.72. The Morgan fingerprint density at radius 3 is 2.40 bits per heavy atom. The Bertz CT molecular complexity index is 554. The van der Waals surface area contributed by atoms with Gasteiger partial charge in [-0.15, -0.1) is 0 Å². The molecule has 0 amide bonds. The Labute approximate surface area is 90.2 Å². The van der Waals surface area contributed by atoms with Crippen LogP contribution in [-0.2, 0) is 0 Å². The number of rotatable bonds is 1. The zero-order chi connectivity index (χ0) is 10.4. The van der Waals surface area contributed by atoms with Gasteiger partial charge in [0.2, 0.25) is 0 Å². The summed E-state index contributed by atoms with van der Waals surface area (Å²) in [5.41, 5.74) is 4.28. The third-order valence-electron chi connectivity index (χ3n) is 3.18. The van der Waals surface area contributed by atoms with Crippen LogP contribution in [0.1, 0.15) is 25.0 Å². The second-order valence-electron chi connectivity index (χ2n) is 4.51. The highest BCUT2D eigenvalue weighted by atomic mass is 14.2. The molecule has 0 aromatic heterocycles. The highest BCUT2D eigenvalue weighted by Crippen LogP contribution is 2.39. The maximum Gasteiger partial charge on any atom is -0.00359 e. The van der Waals surface area contributed by atoms with Crippen molar-refractivity contribution < 1.29 is 0 Å². The van der Waals surface area contributed by atoms with Crippen molar-refractivity contribution in [2.24, 2.45) is 5.92 Å². The summed E-state index contributed by atoms with van der Waals surface area (Å²) in [6, 6.07) is 13.1. The van der Waals surface area contributed by atoms with E-state index in [4.69, 9.17) is 0 Å². The van der Waals surface area contributed by atoms with E-state index in [-0.39, 0.29) is 0 Å². The van der Waals surface area contributed by atoms with E-state index in [1.807, 2.05) is 0 Å². The summed E-state index contributed by atoms with van der Waals surface area (Å²) in [6.45, 7) is 4.52. The smallest absolute Gasteiger partial charge is 0.00359 e. The van der Waals surface area contributed by atoms with E-state index in [1.165, 1.54) is 27.5 Å². The molecule has 0 bridgehead atoms. The van der Waals surface area contributed by atoms with Gasteiger partial charge in [0.15, 0.2) is 0 Å². The summed E-state index contributed by atoms with van der Waals surface area (Å²) in [6.07, 6.45) is 2.34. The van der Waals surface area contributed by atoms with E-state index in [9.17, 15) is 0 Å². The second kappa shape index (κ2) is 2.96. The van der Waals surface area contributed by atoms with Gasteiger partial charge in [-0.25, -0.2) is 0 Å². The molecule has 0 atom stereocenters. The van der Waals surface area contributed by atoms with Crippen LogP contribution in [-0.4, -0.2) is 0 Å². The van der Waals surface area contributed by atoms with Crippen molar-refractivity contribution in [3.63, 3.8) is 0 Å². The summed E-state index contributed by atoms with van der Waals surface area (Å²) < 4.78 is 0. The standard InChI is InChI=1S/C15H14/c1-10(2)14-9-12-7-3-5-11-6-4-8-13(14)15(11)12/h3-10H,1-2H3. The van der Waals surface area contributed by atoms with E-state index in [2.05, 4.69) is 56.3 Å². The molecule has 0 saturated carbocycles. The first-order valence-corrected chi connectivity index (χ1v) is 5.51. The van der Waals surface area contributed by atoms with Crippen molar-refractivity contribution in [2.45, 2.75) is 13.8 Å². The van der Waals surface area contributed by atoms with Gasteiger partial charge in [0, 0.05) is 0 Å². The van der Waals surface area contributed by atoms with Crippen LogP contribution in [0.2, 0.25) is 0 Å². The molecule has 1 aliphatic carbocycles. The minimum absolute atomic E-state index is 0.600. The largest absolute Gasteiger partial charge is 0.0610 e. The van der Waals surface area contributed by atoms with Gasteiger partial charge in [-0.05, 0) is 33.4 Å². The molecule has 0 saturated heterocycles. The van der Waals surface area contributed by atoms with Gasteiger partial charge in [0.1, 0.15) is 0 Å². The molecule has 1 aliphatic rings. The molecular formula is C15H14. The van der Waals surface area contributed by atoms with Crippen LogP contribution in [0, 0.1) is 5.92 Å². The monoisotopic (exact) mass is 194 g/mol. The molecule has 0 N–H and O–H groups in total. The Kier molecular flexibility index (Phi) is 1.72. The fraction of sp³-hybridized carbons (Fsp3) is 0.200. The molecule has 0 aliphatic heterocycles. The van der Waals surface area contributed by atoms with Gasteiger partial charge in [0.05, 0.1) is 0 Å². The van der Waals surface area contributed by atoms with Crippen molar-refractivity contribution in [3.05, 3.63) is 47.5 Å². The third-order valence-corrected chi connectivity index (χ3v) is 3.18. The molecule has 74 valence electrons. The Morgan fingerprint density at radius 2 is 1.67 bits per heavy atom. The Hall–Kier alpha value is -1.56. The summed E-state index contributed by atoms with van der Waals surface area (Å²) in [5.74, 6) is 0.600. The summed E-state index contributed by atoms with van der Waals surface area (Å²) in [5, 5.41) is 2.79. The fourth-order valence-corrected chi connectivity index (χ4v) is 2.45. The lowest BCUT2D eigenvalue weighted by Gasteiger charge is -2.08. The van der Waals surface area contributed by atoms with E-state index in [0.29, 0.717) is 5.92 Å². The predicted molar refractivity (Wildman–Crippen MR) is 66.7 cm³/mol. The van der Waals surface area contributed by atoms with E-state index < -0.39 is 0 Å². The average molecular weight is 194 g/mol.